The smallest absolute Gasteiger partial charge is 0.168 e. The molecule has 1 aliphatic carbocycles. The van der Waals surface area contributed by atoms with Crippen molar-refractivity contribution >= 4 is 0 Å². The zero-order valence-corrected chi connectivity index (χ0v) is 7.54. The molecule has 0 aliphatic heterocycles. The van der Waals surface area contributed by atoms with Gasteiger partial charge in [-0.05, 0) is 31.4 Å². The van der Waals surface area contributed by atoms with Crippen LogP contribution in [0.3, 0.4) is 0 Å². The molecule has 13 heavy (non-hydrogen) atoms. The number of pyridine rings is 1. The van der Waals surface area contributed by atoms with E-state index in [1.807, 2.05) is 12.1 Å². The van der Waals surface area contributed by atoms with E-state index in [4.69, 9.17) is 0 Å². The Labute approximate surface area is 77.6 Å². The molecule has 0 spiro atoms. The van der Waals surface area contributed by atoms with Crippen LogP contribution in [0, 0.1) is 11.8 Å². The van der Waals surface area contributed by atoms with Crippen molar-refractivity contribution in [3.8, 4) is 11.8 Å². The van der Waals surface area contributed by atoms with E-state index in [9.17, 15) is 5.11 Å². The standard InChI is InChI=1S/C11H11NO/c1-2-6-11(13)7-5-9-4-3-8-12-10(9)11/h3-4,8,13H,5,7H2,1H3. The third kappa shape index (κ3) is 1.22. The second kappa shape index (κ2) is 2.86. The first-order valence-electron chi connectivity index (χ1n) is 4.37. The average molecular weight is 173 g/mol. The van der Waals surface area contributed by atoms with E-state index in [-0.39, 0.29) is 0 Å². The number of hydrogen-bond acceptors (Lipinski definition) is 2. The van der Waals surface area contributed by atoms with Crippen LogP contribution in [0.5, 0.6) is 0 Å². The molecule has 0 fully saturated rings. The minimum Gasteiger partial charge on any atom is -0.372 e. The predicted molar refractivity (Wildman–Crippen MR) is 49.9 cm³/mol. The number of rotatable bonds is 0. The summed E-state index contributed by atoms with van der Waals surface area (Å²) in [7, 11) is 0. The molecule has 0 bridgehead atoms. The van der Waals surface area contributed by atoms with Gasteiger partial charge in [0, 0.05) is 6.20 Å². The normalized spacial score (nSPS) is 24.8. The second-order valence-corrected chi connectivity index (χ2v) is 3.25. The average Bonchev–Trinajstić information content (AvgIpc) is 2.46. The predicted octanol–water partition coefficient (Wildman–Crippen LogP) is 1.24. The molecule has 0 radical (unpaired) electrons. The van der Waals surface area contributed by atoms with Crippen LogP contribution in [0.1, 0.15) is 24.6 Å². The second-order valence-electron chi connectivity index (χ2n) is 3.25. The molecule has 0 aromatic carbocycles. The Hall–Kier alpha value is -1.33. The van der Waals surface area contributed by atoms with Gasteiger partial charge in [-0.2, -0.15) is 0 Å². The molecule has 1 heterocycles. The van der Waals surface area contributed by atoms with Gasteiger partial charge in [0.1, 0.15) is 0 Å². The van der Waals surface area contributed by atoms with Crippen LogP contribution in [0.2, 0.25) is 0 Å². The summed E-state index contributed by atoms with van der Waals surface area (Å²) < 4.78 is 0. The maximum absolute atomic E-state index is 10.1. The molecule has 0 saturated heterocycles. The molecule has 66 valence electrons. The van der Waals surface area contributed by atoms with Crippen LogP contribution in [-0.4, -0.2) is 10.1 Å². The first-order chi connectivity index (χ1) is 6.26. The highest BCUT2D eigenvalue weighted by molar-refractivity contribution is 5.37. The van der Waals surface area contributed by atoms with Crippen molar-refractivity contribution in [1.29, 1.82) is 0 Å². The molecule has 1 unspecified atom stereocenters. The summed E-state index contributed by atoms with van der Waals surface area (Å²) in [5.74, 6) is 5.57. The van der Waals surface area contributed by atoms with E-state index in [1.165, 1.54) is 0 Å². The van der Waals surface area contributed by atoms with Crippen LogP contribution in [0.4, 0.5) is 0 Å². The Bertz CT molecular complexity index is 389. The van der Waals surface area contributed by atoms with Gasteiger partial charge < -0.3 is 5.11 Å². The molecular weight excluding hydrogens is 162 g/mol. The molecular formula is C11H11NO. The molecule has 1 aromatic heterocycles. The van der Waals surface area contributed by atoms with E-state index in [1.54, 1.807) is 13.1 Å². The fourth-order valence-corrected chi connectivity index (χ4v) is 1.78. The van der Waals surface area contributed by atoms with Gasteiger partial charge in [0.15, 0.2) is 5.60 Å². The Morgan fingerprint density at radius 1 is 1.62 bits per heavy atom. The van der Waals surface area contributed by atoms with Crippen molar-refractivity contribution < 1.29 is 5.11 Å². The number of aryl methyl sites for hydroxylation is 1. The summed E-state index contributed by atoms with van der Waals surface area (Å²) in [6.45, 7) is 1.74. The van der Waals surface area contributed by atoms with Crippen molar-refractivity contribution in [2.45, 2.75) is 25.4 Å². The van der Waals surface area contributed by atoms with Crippen molar-refractivity contribution in [2.24, 2.45) is 0 Å². The topological polar surface area (TPSA) is 33.1 Å². The number of nitrogens with zero attached hydrogens (tertiary/aromatic N) is 1. The Balaban J connectivity index is 2.52. The fraction of sp³-hybridized carbons (Fsp3) is 0.364. The molecule has 2 heteroatoms. The highest BCUT2D eigenvalue weighted by atomic mass is 16.3. The molecule has 1 atom stereocenters. The fourth-order valence-electron chi connectivity index (χ4n) is 1.78. The molecule has 2 nitrogen and oxygen atoms in total. The molecule has 0 amide bonds. The lowest BCUT2D eigenvalue weighted by Gasteiger charge is -2.14. The van der Waals surface area contributed by atoms with E-state index in [2.05, 4.69) is 16.8 Å². The lowest BCUT2D eigenvalue weighted by atomic mass is 10.0. The van der Waals surface area contributed by atoms with Crippen molar-refractivity contribution in [1.82, 2.24) is 4.98 Å². The van der Waals surface area contributed by atoms with Gasteiger partial charge in [-0.25, -0.2) is 0 Å². The number of aromatic nitrogens is 1. The Morgan fingerprint density at radius 2 is 2.46 bits per heavy atom. The molecule has 0 saturated carbocycles. The van der Waals surface area contributed by atoms with Crippen LogP contribution < -0.4 is 0 Å². The van der Waals surface area contributed by atoms with Gasteiger partial charge in [-0.15, -0.1) is 5.92 Å². The monoisotopic (exact) mass is 173 g/mol. The summed E-state index contributed by atoms with van der Waals surface area (Å²) in [5, 5.41) is 10.1. The highest BCUT2D eigenvalue weighted by Gasteiger charge is 2.36. The van der Waals surface area contributed by atoms with Gasteiger partial charge >= 0.3 is 0 Å². The zero-order chi connectivity index (χ0) is 9.31. The molecule has 1 N–H and O–H groups in total. The van der Waals surface area contributed by atoms with Gasteiger partial charge in [0.2, 0.25) is 0 Å². The Kier molecular flexibility index (Phi) is 1.82. The van der Waals surface area contributed by atoms with Crippen LogP contribution in [-0.2, 0) is 12.0 Å². The van der Waals surface area contributed by atoms with Gasteiger partial charge in [-0.3, -0.25) is 4.98 Å². The number of fused-ring (bicyclic) bond motifs is 1. The summed E-state index contributed by atoms with van der Waals surface area (Å²) in [5.41, 5.74) is 0.864. The highest BCUT2D eigenvalue weighted by Crippen LogP contribution is 2.34. The SMILES string of the molecule is CC#CC1(O)CCc2cccnc21. The Morgan fingerprint density at radius 3 is 3.23 bits per heavy atom. The third-order valence-electron chi connectivity index (χ3n) is 2.37. The van der Waals surface area contributed by atoms with E-state index in [0.29, 0.717) is 6.42 Å². The summed E-state index contributed by atoms with van der Waals surface area (Å²) in [6.07, 6.45) is 3.24. The number of aliphatic hydroxyl groups is 1. The van der Waals surface area contributed by atoms with Crippen LogP contribution in [0.25, 0.3) is 0 Å². The lowest BCUT2D eigenvalue weighted by Crippen LogP contribution is -2.20. The quantitative estimate of drug-likeness (QED) is 0.599. The molecule has 1 aliphatic rings. The summed E-state index contributed by atoms with van der Waals surface area (Å²) in [4.78, 5) is 4.18. The first kappa shape index (κ1) is 8.28. The first-order valence-corrected chi connectivity index (χ1v) is 4.37. The van der Waals surface area contributed by atoms with E-state index < -0.39 is 5.60 Å². The lowest BCUT2D eigenvalue weighted by molar-refractivity contribution is 0.0982. The maximum atomic E-state index is 10.1. The van der Waals surface area contributed by atoms with Gasteiger partial charge in [0.25, 0.3) is 0 Å². The largest absolute Gasteiger partial charge is 0.372 e. The van der Waals surface area contributed by atoms with E-state index >= 15 is 0 Å². The van der Waals surface area contributed by atoms with Crippen molar-refractivity contribution in [2.75, 3.05) is 0 Å². The van der Waals surface area contributed by atoms with Gasteiger partial charge in [-0.1, -0.05) is 12.0 Å². The molecule has 2 rings (SSSR count). The summed E-state index contributed by atoms with van der Waals surface area (Å²) >= 11 is 0. The van der Waals surface area contributed by atoms with Gasteiger partial charge in [0.05, 0.1) is 5.69 Å². The maximum Gasteiger partial charge on any atom is 0.168 e. The van der Waals surface area contributed by atoms with Crippen molar-refractivity contribution in [3.63, 3.8) is 0 Å². The summed E-state index contributed by atoms with van der Waals surface area (Å²) in [6, 6.07) is 3.89. The third-order valence-corrected chi connectivity index (χ3v) is 2.37. The molecule has 1 aromatic rings. The van der Waals surface area contributed by atoms with Crippen LogP contribution >= 0.6 is 0 Å². The minimum atomic E-state index is -0.995. The van der Waals surface area contributed by atoms with Crippen molar-refractivity contribution in [3.05, 3.63) is 29.6 Å². The van der Waals surface area contributed by atoms with Crippen LogP contribution in [0.15, 0.2) is 18.3 Å². The number of hydrogen-bond donors (Lipinski definition) is 1. The van der Waals surface area contributed by atoms with E-state index in [0.717, 1.165) is 17.7 Å². The zero-order valence-electron chi connectivity index (χ0n) is 7.54. The minimum absolute atomic E-state index is 0.667.